The van der Waals surface area contributed by atoms with E-state index in [4.69, 9.17) is 5.73 Å². The molecule has 4 nitrogen and oxygen atoms in total. The van der Waals surface area contributed by atoms with Gasteiger partial charge in [0.15, 0.2) is 0 Å². The number of hydrogen-bond donors (Lipinski definition) is 2. The van der Waals surface area contributed by atoms with E-state index >= 15 is 0 Å². The first-order chi connectivity index (χ1) is 11.3. The van der Waals surface area contributed by atoms with Crippen molar-refractivity contribution < 1.29 is 13.6 Å². The Kier molecular flexibility index (Phi) is 4.66. The predicted octanol–water partition coefficient (Wildman–Crippen LogP) is 3.37. The van der Waals surface area contributed by atoms with Crippen LogP contribution in [0.3, 0.4) is 0 Å². The molecule has 130 valence electrons. The Morgan fingerprint density at radius 2 is 2.21 bits per heavy atom. The highest BCUT2D eigenvalue weighted by Gasteiger charge is 2.40. The molecule has 2 heterocycles. The number of likely N-dealkylation sites (tertiary alicyclic amines) is 1. The molecule has 0 radical (unpaired) electrons. The lowest BCUT2D eigenvalue weighted by molar-refractivity contribution is -0.130. The van der Waals surface area contributed by atoms with Gasteiger partial charge in [-0.05, 0) is 37.1 Å². The molecule has 1 unspecified atom stereocenters. The van der Waals surface area contributed by atoms with Gasteiger partial charge >= 0.3 is 0 Å². The lowest BCUT2D eigenvalue weighted by Gasteiger charge is -2.20. The minimum absolute atomic E-state index is 0.0463. The molecule has 7 heteroatoms. The molecule has 1 aliphatic heterocycles. The maximum absolute atomic E-state index is 13.7. The zero-order chi connectivity index (χ0) is 17.5. The van der Waals surface area contributed by atoms with Gasteiger partial charge in [0.1, 0.15) is 0 Å². The van der Waals surface area contributed by atoms with Crippen LogP contribution in [0.5, 0.6) is 0 Å². The summed E-state index contributed by atoms with van der Waals surface area (Å²) >= 11 is 3.44. The SMILES string of the molecule is Cc1[nH]c2ccc(Br)cc2c1CC(=O)N1CCC(N)C(F)(F)CC1. The molecule has 1 saturated heterocycles. The summed E-state index contributed by atoms with van der Waals surface area (Å²) in [6.07, 6.45) is -0.0570. The Morgan fingerprint density at radius 3 is 2.96 bits per heavy atom. The Morgan fingerprint density at radius 1 is 1.46 bits per heavy atom. The van der Waals surface area contributed by atoms with Crippen molar-refractivity contribution in [3.63, 3.8) is 0 Å². The molecule has 1 aromatic heterocycles. The summed E-state index contributed by atoms with van der Waals surface area (Å²) in [4.78, 5) is 17.4. The van der Waals surface area contributed by atoms with Gasteiger partial charge in [-0.3, -0.25) is 4.79 Å². The minimum atomic E-state index is -2.91. The normalized spacial score (nSPS) is 21.0. The number of aryl methyl sites for hydroxylation is 1. The summed E-state index contributed by atoms with van der Waals surface area (Å²) in [6, 6.07) is 4.67. The van der Waals surface area contributed by atoms with Crippen molar-refractivity contribution in [2.45, 2.75) is 38.2 Å². The number of hydrogen-bond acceptors (Lipinski definition) is 2. The number of H-pyrrole nitrogens is 1. The average Bonchev–Trinajstić information content (AvgIpc) is 2.74. The molecule has 0 spiro atoms. The van der Waals surface area contributed by atoms with Crippen LogP contribution in [0, 0.1) is 6.92 Å². The summed E-state index contributed by atoms with van der Waals surface area (Å²) < 4.78 is 28.4. The Balaban J connectivity index is 1.80. The zero-order valence-corrected chi connectivity index (χ0v) is 15.0. The number of rotatable bonds is 2. The number of alkyl halides is 2. The molecule has 1 fully saturated rings. The first kappa shape index (κ1) is 17.4. The smallest absolute Gasteiger partial charge is 0.264 e. The summed E-state index contributed by atoms with van der Waals surface area (Å²) in [7, 11) is 0. The van der Waals surface area contributed by atoms with Crippen molar-refractivity contribution in [2.24, 2.45) is 5.73 Å². The van der Waals surface area contributed by atoms with E-state index in [9.17, 15) is 13.6 Å². The van der Waals surface area contributed by atoms with Crippen LogP contribution in [0.1, 0.15) is 24.1 Å². The van der Waals surface area contributed by atoms with Gasteiger partial charge in [0.2, 0.25) is 5.91 Å². The van der Waals surface area contributed by atoms with E-state index < -0.39 is 12.0 Å². The molecule has 24 heavy (non-hydrogen) atoms. The number of carbonyl (C=O) groups is 1. The number of nitrogens with one attached hydrogen (secondary N) is 1. The molecule has 1 atom stereocenters. The van der Waals surface area contributed by atoms with Gasteiger partial charge in [-0.15, -0.1) is 0 Å². The van der Waals surface area contributed by atoms with Crippen LogP contribution >= 0.6 is 15.9 Å². The summed E-state index contributed by atoms with van der Waals surface area (Å²) in [6.45, 7) is 2.24. The quantitative estimate of drug-likeness (QED) is 0.812. The fourth-order valence-electron chi connectivity index (χ4n) is 3.18. The molecule has 3 N–H and O–H groups in total. The van der Waals surface area contributed by atoms with E-state index in [0.29, 0.717) is 0 Å². The molecular formula is C17H20BrF2N3O. The first-order valence-corrected chi connectivity index (χ1v) is 8.75. The molecule has 2 aromatic rings. The molecule has 0 bridgehead atoms. The summed E-state index contributed by atoms with van der Waals surface area (Å²) in [5.41, 5.74) is 8.33. The van der Waals surface area contributed by atoms with Crippen LogP contribution in [0.25, 0.3) is 10.9 Å². The zero-order valence-electron chi connectivity index (χ0n) is 13.4. The van der Waals surface area contributed by atoms with Crippen LogP contribution in [0.15, 0.2) is 22.7 Å². The van der Waals surface area contributed by atoms with Crippen LogP contribution in [0.2, 0.25) is 0 Å². The number of carbonyl (C=O) groups excluding carboxylic acids is 1. The molecule has 3 rings (SSSR count). The Hall–Kier alpha value is -1.47. The maximum atomic E-state index is 13.7. The fraction of sp³-hybridized carbons (Fsp3) is 0.471. The number of aromatic amines is 1. The predicted molar refractivity (Wildman–Crippen MR) is 93.2 cm³/mol. The lowest BCUT2D eigenvalue weighted by atomic mass is 10.1. The molecule has 1 aliphatic rings. The molecular weight excluding hydrogens is 380 g/mol. The maximum Gasteiger partial charge on any atom is 0.264 e. The van der Waals surface area contributed by atoms with Crippen LogP contribution in [-0.4, -0.2) is 40.8 Å². The number of nitrogens with two attached hydrogens (primary N) is 1. The second-order valence-corrected chi connectivity index (χ2v) is 7.30. The standard InChI is InChI=1S/C17H20BrF2N3O/c1-10-12(13-8-11(18)2-3-14(13)22-10)9-16(24)23-6-4-15(21)17(19,20)5-7-23/h2-3,8,15,22H,4-7,9,21H2,1H3. The Bertz CT molecular complexity index is 775. The van der Waals surface area contributed by atoms with Gasteiger partial charge in [-0.1, -0.05) is 15.9 Å². The molecule has 0 aliphatic carbocycles. The third-order valence-electron chi connectivity index (χ3n) is 4.73. The largest absolute Gasteiger partial charge is 0.358 e. The second-order valence-electron chi connectivity index (χ2n) is 6.38. The van der Waals surface area contributed by atoms with Gasteiger partial charge in [-0.2, -0.15) is 0 Å². The number of aromatic nitrogens is 1. The third kappa shape index (κ3) is 3.32. The van der Waals surface area contributed by atoms with E-state index in [1.807, 2.05) is 25.1 Å². The highest BCUT2D eigenvalue weighted by Crippen LogP contribution is 2.29. The van der Waals surface area contributed by atoms with Crippen molar-refractivity contribution in [3.05, 3.63) is 33.9 Å². The highest BCUT2D eigenvalue weighted by atomic mass is 79.9. The fourth-order valence-corrected chi connectivity index (χ4v) is 3.54. The molecule has 1 amide bonds. The number of fused-ring (bicyclic) bond motifs is 1. The molecule has 0 saturated carbocycles. The van der Waals surface area contributed by atoms with E-state index in [0.717, 1.165) is 26.6 Å². The van der Waals surface area contributed by atoms with Crippen molar-refractivity contribution in [1.82, 2.24) is 9.88 Å². The van der Waals surface area contributed by atoms with E-state index in [1.165, 1.54) is 4.90 Å². The number of nitrogens with zero attached hydrogens (tertiary/aromatic N) is 1. The number of halogens is 3. The van der Waals surface area contributed by atoms with Gasteiger partial charge in [-0.25, -0.2) is 8.78 Å². The molecule has 1 aromatic carbocycles. The number of amides is 1. The van der Waals surface area contributed by atoms with E-state index in [1.54, 1.807) is 0 Å². The van der Waals surface area contributed by atoms with Crippen molar-refractivity contribution in [2.75, 3.05) is 13.1 Å². The minimum Gasteiger partial charge on any atom is -0.358 e. The van der Waals surface area contributed by atoms with E-state index in [2.05, 4.69) is 20.9 Å². The summed E-state index contributed by atoms with van der Waals surface area (Å²) in [5, 5.41) is 0.979. The topological polar surface area (TPSA) is 62.1 Å². The van der Waals surface area contributed by atoms with Gasteiger partial charge in [0.05, 0.1) is 12.5 Å². The lowest BCUT2D eigenvalue weighted by Crippen LogP contribution is -2.40. The van der Waals surface area contributed by atoms with Crippen LogP contribution in [0.4, 0.5) is 8.78 Å². The average molecular weight is 400 g/mol. The highest BCUT2D eigenvalue weighted by molar-refractivity contribution is 9.10. The summed E-state index contributed by atoms with van der Waals surface area (Å²) in [5.74, 6) is -3.04. The van der Waals surface area contributed by atoms with E-state index in [-0.39, 0.29) is 38.3 Å². The van der Waals surface area contributed by atoms with Gasteiger partial charge in [0.25, 0.3) is 5.92 Å². The van der Waals surface area contributed by atoms with Crippen molar-refractivity contribution in [1.29, 1.82) is 0 Å². The van der Waals surface area contributed by atoms with Crippen molar-refractivity contribution in [3.8, 4) is 0 Å². The van der Waals surface area contributed by atoms with Gasteiger partial charge < -0.3 is 15.6 Å². The number of benzene rings is 1. The third-order valence-corrected chi connectivity index (χ3v) is 5.22. The van der Waals surface area contributed by atoms with Gasteiger partial charge in [0, 0.05) is 40.6 Å². The van der Waals surface area contributed by atoms with Crippen LogP contribution in [-0.2, 0) is 11.2 Å². The monoisotopic (exact) mass is 399 g/mol. The second kappa shape index (κ2) is 6.44. The van der Waals surface area contributed by atoms with Crippen molar-refractivity contribution >= 4 is 32.7 Å². The Labute approximate surface area is 147 Å². The first-order valence-electron chi connectivity index (χ1n) is 7.96. The van der Waals surface area contributed by atoms with Crippen LogP contribution < -0.4 is 5.73 Å².